The molecule has 0 aromatic heterocycles. The molecule has 0 saturated heterocycles. The van der Waals surface area contributed by atoms with Crippen LogP contribution in [-0.4, -0.2) is 13.1 Å². The molecule has 2 aromatic carbocycles. The number of fused-ring (bicyclic) bond motifs is 2. The molecule has 2 heteroatoms. The van der Waals surface area contributed by atoms with Gasteiger partial charge in [-0.05, 0) is 35.7 Å². The molecular weight excluding hydrogens is 220 g/mol. The molecule has 0 fully saturated rings. The minimum Gasteiger partial charge on any atom is -0.382 e. The summed E-state index contributed by atoms with van der Waals surface area (Å²) in [5.74, 6) is 0. The molecule has 0 bridgehead atoms. The molecule has 1 radical (unpaired) electrons. The van der Waals surface area contributed by atoms with Crippen molar-refractivity contribution in [2.75, 3.05) is 23.3 Å². The first-order valence-corrected chi connectivity index (χ1v) is 6.52. The van der Waals surface area contributed by atoms with E-state index in [2.05, 4.69) is 52.7 Å². The molecule has 0 saturated carbocycles. The highest BCUT2D eigenvalue weighted by molar-refractivity contribution is 5.65. The maximum absolute atomic E-state index is 3.51. The van der Waals surface area contributed by atoms with Crippen LogP contribution in [0, 0.1) is 6.07 Å². The van der Waals surface area contributed by atoms with Gasteiger partial charge in [0.1, 0.15) is 0 Å². The maximum atomic E-state index is 3.51. The third kappa shape index (κ3) is 1.35. The Labute approximate surface area is 107 Å². The number of benzene rings is 2. The Morgan fingerprint density at radius 1 is 1.17 bits per heavy atom. The molecule has 89 valence electrons. The van der Waals surface area contributed by atoms with E-state index in [9.17, 15) is 0 Å². The van der Waals surface area contributed by atoms with Gasteiger partial charge in [-0.15, -0.1) is 0 Å². The van der Waals surface area contributed by atoms with Crippen LogP contribution in [0.3, 0.4) is 0 Å². The summed E-state index contributed by atoms with van der Waals surface area (Å²) in [6.45, 7) is 2.12. The van der Waals surface area contributed by atoms with Gasteiger partial charge >= 0.3 is 0 Å². The zero-order valence-electron chi connectivity index (χ0n) is 10.2. The first-order chi connectivity index (χ1) is 8.93. The van der Waals surface area contributed by atoms with Gasteiger partial charge in [-0.25, -0.2) is 0 Å². The second-order valence-corrected chi connectivity index (χ2v) is 4.96. The molecule has 0 amide bonds. The first kappa shape index (κ1) is 10.0. The zero-order valence-corrected chi connectivity index (χ0v) is 10.2. The Morgan fingerprint density at radius 2 is 2.11 bits per heavy atom. The molecule has 2 aliphatic rings. The van der Waals surface area contributed by atoms with Gasteiger partial charge < -0.3 is 10.2 Å². The van der Waals surface area contributed by atoms with Gasteiger partial charge in [0.25, 0.3) is 0 Å². The summed E-state index contributed by atoms with van der Waals surface area (Å²) < 4.78 is 0. The lowest BCUT2D eigenvalue weighted by atomic mass is 10.1. The normalized spacial score (nSPS) is 20.4. The molecule has 2 aromatic rings. The summed E-state index contributed by atoms with van der Waals surface area (Å²) in [5, 5.41) is 3.51. The Hall–Kier alpha value is -1.96. The number of nitrogens with one attached hydrogen (secondary N) is 1. The van der Waals surface area contributed by atoms with E-state index < -0.39 is 0 Å². The molecule has 2 heterocycles. The fraction of sp³-hybridized carbons (Fsp3) is 0.250. The van der Waals surface area contributed by atoms with Crippen LogP contribution < -0.4 is 10.2 Å². The van der Waals surface area contributed by atoms with Crippen molar-refractivity contribution in [1.29, 1.82) is 0 Å². The quantitative estimate of drug-likeness (QED) is 0.817. The van der Waals surface area contributed by atoms with Crippen molar-refractivity contribution in [3.63, 3.8) is 0 Å². The lowest BCUT2D eigenvalue weighted by Crippen LogP contribution is -2.27. The van der Waals surface area contributed by atoms with E-state index >= 15 is 0 Å². The maximum Gasteiger partial charge on any atom is 0.0735 e. The summed E-state index contributed by atoms with van der Waals surface area (Å²) in [7, 11) is 0. The summed E-state index contributed by atoms with van der Waals surface area (Å²) >= 11 is 0. The van der Waals surface area contributed by atoms with E-state index in [-0.39, 0.29) is 0 Å². The monoisotopic (exact) mass is 235 g/mol. The van der Waals surface area contributed by atoms with Crippen molar-refractivity contribution in [2.24, 2.45) is 0 Å². The van der Waals surface area contributed by atoms with Crippen LogP contribution in [0.25, 0.3) is 0 Å². The molecule has 4 rings (SSSR count). The minimum atomic E-state index is 0.471. The fourth-order valence-corrected chi connectivity index (χ4v) is 3.15. The van der Waals surface area contributed by atoms with Crippen molar-refractivity contribution in [3.8, 4) is 0 Å². The molecule has 1 atom stereocenters. The number of para-hydroxylation sites is 1. The average molecular weight is 235 g/mol. The average Bonchev–Trinajstić information content (AvgIpc) is 3.01. The van der Waals surface area contributed by atoms with E-state index in [0.29, 0.717) is 6.04 Å². The predicted octanol–water partition coefficient (Wildman–Crippen LogP) is 3.02. The van der Waals surface area contributed by atoms with Gasteiger partial charge in [0.2, 0.25) is 0 Å². The Morgan fingerprint density at radius 3 is 3.11 bits per heavy atom. The Kier molecular flexibility index (Phi) is 2.10. The summed E-state index contributed by atoms with van der Waals surface area (Å²) in [6, 6.07) is 18.8. The highest BCUT2D eigenvalue weighted by atomic mass is 15.2. The molecule has 0 aliphatic carbocycles. The summed E-state index contributed by atoms with van der Waals surface area (Å²) in [6.07, 6.45) is 1.12. The minimum absolute atomic E-state index is 0.471. The molecule has 2 nitrogen and oxygen atoms in total. The van der Waals surface area contributed by atoms with E-state index in [0.717, 1.165) is 19.5 Å². The Balaban J connectivity index is 1.75. The number of anilines is 2. The third-order valence-corrected chi connectivity index (χ3v) is 4.01. The van der Waals surface area contributed by atoms with Gasteiger partial charge in [-0.1, -0.05) is 30.3 Å². The van der Waals surface area contributed by atoms with Gasteiger partial charge in [0.05, 0.1) is 6.04 Å². The lowest BCUT2D eigenvalue weighted by Gasteiger charge is -2.27. The molecule has 18 heavy (non-hydrogen) atoms. The van der Waals surface area contributed by atoms with Crippen molar-refractivity contribution in [1.82, 2.24) is 0 Å². The molecule has 0 spiro atoms. The second kappa shape index (κ2) is 3.77. The highest BCUT2D eigenvalue weighted by Crippen LogP contribution is 2.40. The highest BCUT2D eigenvalue weighted by Gasteiger charge is 2.31. The van der Waals surface area contributed by atoms with Crippen molar-refractivity contribution >= 4 is 11.4 Å². The topological polar surface area (TPSA) is 15.3 Å². The van der Waals surface area contributed by atoms with Crippen LogP contribution in [-0.2, 0) is 6.42 Å². The molecule has 1 N–H and O–H groups in total. The number of hydrogen-bond acceptors (Lipinski definition) is 2. The lowest BCUT2D eigenvalue weighted by molar-refractivity contribution is 0.692. The summed E-state index contributed by atoms with van der Waals surface area (Å²) in [5.41, 5.74) is 5.44. The van der Waals surface area contributed by atoms with Crippen LogP contribution in [0.4, 0.5) is 11.4 Å². The number of hydrogen-bond donors (Lipinski definition) is 1. The van der Waals surface area contributed by atoms with E-state index in [1.807, 2.05) is 6.07 Å². The van der Waals surface area contributed by atoms with E-state index in [1.165, 1.54) is 22.5 Å². The van der Waals surface area contributed by atoms with Crippen LogP contribution >= 0.6 is 0 Å². The smallest absolute Gasteiger partial charge is 0.0735 e. The number of rotatable bonds is 1. The summed E-state index contributed by atoms with van der Waals surface area (Å²) in [4.78, 5) is 2.52. The SMILES string of the molecule is [c]1cccc2c1CCN2C1CNc2ccccc21. The molecule has 2 aliphatic heterocycles. The van der Waals surface area contributed by atoms with Crippen molar-refractivity contribution in [3.05, 3.63) is 59.7 Å². The fourth-order valence-electron chi connectivity index (χ4n) is 3.15. The van der Waals surface area contributed by atoms with Gasteiger partial charge in [0.15, 0.2) is 0 Å². The molecular formula is C16H15N2. The molecule has 1 unspecified atom stereocenters. The Bertz CT molecular complexity index is 538. The van der Waals surface area contributed by atoms with Gasteiger partial charge in [-0.3, -0.25) is 0 Å². The standard InChI is InChI=1S/C16H15N2/c1-4-8-15-12(5-1)9-10-18(15)16-11-17-14-7-3-2-6-13(14)16/h1-4,6-8,16-17H,9-11H2. The van der Waals surface area contributed by atoms with Crippen LogP contribution in [0.15, 0.2) is 42.5 Å². The second-order valence-electron chi connectivity index (χ2n) is 4.96. The van der Waals surface area contributed by atoms with Gasteiger partial charge in [0, 0.05) is 24.5 Å². The zero-order chi connectivity index (χ0) is 11.9. The largest absolute Gasteiger partial charge is 0.382 e. The first-order valence-electron chi connectivity index (χ1n) is 6.52. The van der Waals surface area contributed by atoms with E-state index in [4.69, 9.17) is 0 Å². The van der Waals surface area contributed by atoms with Crippen LogP contribution in [0.2, 0.25) is 0 Å². The van der Waals surface area contributed by atoms with Crippen molar-refractivity contribution < 1.29 is 0 Å². The van der Waals surface area contributed by atoms with Crippen LogP contribution in [0.5, 0.6) is 0 Å². The predicted molar refractivity (Wildman–Crippen MR) is 74.0 cm³/mol. The van der Waals surface area contributed by atoms with Crippen molar-refractivity contribution in [2.45, 2.75) is 12.5 Å². The van der Waals surface area contributed by atoms with Gasteiger partial charge in [-0.2, -0.15) is 0 Å². The van der Waals surface area contributed by atoms with E-state index in [1.54, 1.807) is 0 Å². The number of nitrogens with zero attached hydrogens (tertiary/aromatic N) is 1. The van der Waals surface area contributed by atoms with Crippen LogP contribution in [0.1, 0.15) is 17.2 Å². The third-order valence-electron chi connectivity index (χ3n) is 4.01.